The lowest BCUT2D eigenvalue weighted by atomic mass is 9.80. The number of aliphatic hydroxyl groups is 1. The molecule has 0 aliphatic carbocycles. The number of nitrogens with zero attached hydrogens (tertiary/aromatic N) is 1. The summed E-state index contributed by atoms with van der Waals surface area (Å²) in [6, 6.07) is 10.3. The van der Waals surface area contributed by atoms with Gasteiger partial charge in [0.1, 0.15) is 0 Å². The first kappa shape index (κ1) is 13.0. The predicted molar refractivity (Wildman–Crippen MR) is 76.8 cm³/mol. The van der Waals surface area contributed by atoms with Gasteiger partial charge in [0.05, 0.1) is 6.61 Å². The van der Waals surface area contributed by atoms with Crippen molar-refractivity contribution in [3.63, 3.8) is 0 Å². The first-order valence-electron chi connectivity index (χ1n) is 6.47. The highest BCUT2D eigenvalue weighted by Crippen LogP contribution is 2.32. The lowest BCUT2D eigenvalue weighted by Crippen LogP contribution is -2.28. The quantitative estimate of drug-likeness (QED) is 0.849. The Labute approximate surface area is 109 Å². The van der Waals surface area contributed by atoms with E-state index in [0.29, 0.717) is 0 Å². The van der Waals surface area contributed by atoms with Gasteiger partial charge in [0.2, 0.25) is 0 Å². The van der Waals surface area contributed by atoms with Gasteiger partial charge in [-0.15, -0.1) is 0 Å². The monoisotopic (exact) mass is 243 g/mol. The Morgan fingerprint density at radius 3 is 2.39 bits per heavy atom. The highest BCUT2D eigenvalue weighted by atomic mass is 16.3. The van der Waals surface area contributed by atoms with E-state index in [2.05, 4.69) is 37.9 Å². The van der Waals surface area contributed by atoms with E-state index in [9.17, 15) is 5.11 Å². The summed E-state index contributed by atoms with van der Waals surface area (Å²) < 4.78 is 0. The average molecular weight is 243 g/mol. The summed E-state index contributed by atoms with van der Waals surface area (Å²) in [6.07, 6.45) is 0.916. The van der Waals surface area contributed by atoms with Crippen LogP contribution in [0.5, 0.6) is 0 Å². The summed E-state index contributed by atoms with van der Waals surface area (Å²) in [5.41, 5.74) is 4.50. The Morgan fingerprint density at radius 1 is 1.17 bits per heavy atom. The molecule has 0 radical (unpaired) electrons. The van der Waals surface area contributed by atoms with Gasteiger partial charge in [-0.25, -0.2) is 0 Å². The van der Waals surface area contributed by atoms with Crippen LogP contribution in [0.15, 0.2) is 40.9 Å². The molecule has 0 spiro atoms. The van der Waals surface area contributed by atoms with E-state index < -0.39 is 0 Å². The van der Waals surface area contributed by atoms with Crippen LogP contribution in [-0.2, 0) is 0 Å². The van der Waals surface area contributed by atoms with E-state index in [1.165, 1.54) is 11.1 Å². The zero-order valence-corrected chi connectivity index (χ0v) is 11.4. The van der Waals surface area contributed by atoms with Crippen molar-refractivity contribution in [3.8, 4) is 0 Å². The molecular formula is C16H21NO. The number of benzene rings is 1. The minimum atomic E-state index is -0.0154. The zero-order valence-electron chi connectivity index (χ0n) is 11.4. The van der Waals surface area contributed by atoms with Crippen molar-refractivity contribution in [3.05, 3.63) is 41.5 Å². The molecule has 1 aromatic rings. The van der Waals surface area contributed by atoms with Crippen molar-refractivity contribution in [1.29, 1.82) is 0 Å². The van der Waals surface area contributed by atoms with E-state index in [4.69, 9.17) is 0 Å². The van der Waals surface area contributed by atoms with Crippen LogP contribution in [0.4, 0.5) is 0 Å². The van der Waals surface area contributed by atoms with Crippen LogP contribution in [-0.4, -0.2) is 24.0 Å². The minimum Gasteiger partial charge on any atom is -0.392 e. The molecule has 1 aromatic carbocycles. The fourth-order valence-corrected chi connectivity index (χ4v) is 2.49. The fraction of sp³-hybridized carbons (Fsp3) is 0.438. The third-order valence-corrected chi connectivity index (χ3v) is 3.27. The van der Waals surface area contributed by atoms with Crippen LogP contribution in [0.3, 0.4) is 0 Å². The third kappa shape index (κ3) is 2.54. The lowest BCUT2D eigenvalue weighted by molar-refractivity contribution is 0.334. The molecule has 18 heavy (non-hydrogen) atoms. The van der Waals surface area contributed by atoms with Crippen LogP contribution < -0.4 is 0 Å². The van der Waals surface area contributed by atoms with Gasteiger partial charge < -0.3 is 5.11 Å². The summed E-state index contributed by atoms with van der Waals surface area (Å²) in [5.74, 6) is 0. The van der Waals surface area contributed by atoms with E-state index in [1.807, 2.05) is 18.2 Å². The van der Waals surface area contributed by atoms with Crippen molar-refractivity contribution < 1.29 is 5.11 Å². The molecule has 1 aliphatic heterocycles. The molecule has 1 heterocycles. The summed E-state index contributed by atoms with van der Waals surface area (Å²) >= 11 is 0. The van der Waals surface area contributed by atoms with Crippen LogP contribution in [0.2, 0.25) is 0 Å². The maximum atomic E-state index is 9.72. The highest BCUT2D eigenvalue weighted by Gasteiger charge is 2.27. The van der Waals surface area contributed by atoms with Crippen LogP contribution >= 0.6 is 0 Å². The predicted octanol–water partition coefficient (Wildman–Crippen LogP) is 3.32. The topological polar surface area (TPSA) is 32.6 Å². The molecule has 96 valence electrons. The van der Waals surface area contributed by atoms with Crippen molar-refractivity contribution in [1.82, 2.24) is 0 Å². The Hall–Kier alpha value is -1.41. The number of hydrogen-bond donors (Lipinski definition) is 1. The van der Waals surface area contributed by atoms with Crippen molar-refractivity contribution in [2.75, 3.05) is 13.2 Å². The largest absolute Gasteiger partial charge is 0.392 e. The second-order valence-corrected chi connectivity index (χ2v) is 5.71. The summed E-state index contributed by atoms with van der Waals surface area (Å²) in [6.45, 7) is 7.33. The molecule has 0 amide bonds. The van der Waals surface area contributed by atoms with Crippen molar-refractivity contribution >= 4 is 11.3 Å². The molecule has 2 nitrogen and oxygen atoms in total. The Morgan fingerprint density at radius 2 is 1.83 bits per heavy atom. The fourth-order valence-electron chi connectivity index (χ4n) is 2.49. The molecule has 0 atom stereocenters. The van der Waals surface area contributed by atoms with Crippen LogP contribution in [0, 0.1) is 5.41 Å². The molecule has 0 saturated carbocycles. The van der Waals surface area contributed by atoms with Gasteiger partial charge in [0.25, 0.3) is 0 Å². The maximum absolute atomic E-state index is 9.72. The van der Waals surface area contributed by atoms with Gasteiger partial charge in [0.15, 0.2) is 0 Å². The van der Waals surface area contributed by atoms with E-state index >= 15 is 0 Å². The van der Waals surface area contributed by atoms with E-state index in [0.717, 1.165) is 24.3 Å². The maximum Gasteiger partial charge on any atom is 0.0702 e. The molecule has 1 N–H and O–H groups in total. The number of aliphatic hydroxyl groups excluding tert-OH is 1. The van der Waals surface area contributed by atoms with Gasteiger partial charge in [-0.3, -0.25) is 4.99 Å². The van der Waals surface area contributed by atoms with E-state index in [1.54, 1.807) is 0 Å². The molecule has 0 unspecified atom stereocenters. The van der Waals surface area contributed by atoms with Crippen molar-refractivity contribution in [2.24, 2.45) is 10.4 Å². The minimum absolute atomic E-state index is 0.0154. The SMILES string of the molecule is CC(C)(C)C1=NCCC(c2ccccc2)=C1CO. The Bertz CT molecular complexity index is 478. The number of aliphatic imine (C=N–C) groups is 1. The standard InChI is InChI=1S/C16H21NO/c1-16(2,3)15-14(11-18)13(9-10-17-15)12-7-5-4-6-8-12/h4-8,18H,9-11H2,1-3H3. The summed E-state index contributed by atoms with van der Waals surface area (Å²) in [7, 11) is 0. The van der Waals surface area contributed by atoms with Crippen molar-refractivity contribution in [2.45, 2.75) is 27.2 Å². The first-order valence-corrected chi connectivity index (χ1v) is 6.47. The van der Waals surface area contributed by atoms with Gasteiger partial charge in [-0.05, 0) is 17.6 Å². The van der Waals surface area contributed by atoms with Gasteiger partial charge in [-0.1, -0.05) is 51.1 Å². The first-order chi connectivity index (χ1) is 8.54. The van der Waals surface area contributed by atoms with E-state index in [-0.39, 0.29) is 12.0 Å². The zero-order chi connectivity index (χ0) is 13.2. The van der Waals surface area contributed by atoms with Crippen LogP contribution in [0.25, 0.3) is 5.57 Å². The number of hydrogen-bond acceptors (Lipinski definition) is 2. The molecular weight excluding hydrogens is 222 g/mol. The molecule has 2 heteroatoms. The molecule has 0 fully saturated rings. The molecule has 0 aromatic heterocycles. The highest BCUT2D eigenvalue weighted by molar-refractivity contribution is 6.10. The second-order valence-electron chi connectivity index (χ2n) is 5.71. The second kappa shape index (κ2) is 5.07. The molecule has 1 aliphatic rings. The number of dihydropyridines is 1. The molecule has 0 saturated heterocycles. The molecule has 2 rings (SSSR count). The Kier molecular flexibility index (Phi) is 3.67. The smallest absolute Gasteiger partial charge is 0.0702 e. The Balaban J connectivity index is 2.50. The normalized spacial score (nSPS) is 16.8. The lowest BCUT2D eigenvalue weighted by Gasteiger charge is -2.29. The van der Waals surface area contributed by atoms with Gasteiger partial charge in [-0.2, -0.15) is 0 Å². The summed E-state index contributed by atoms with van der Waals surface area (Å²) in [4.78, 5) is 4.63. The molecule has 0 bridgehead atoms. The van der Waals surface area contributed by atoms with Gasteiger partial charge in [0, 0.05) is 23.2 Å². The average Bonchev–Trinajstić information content (AvgIpc) is 2.37. The summed E-state index contributed by atoms with van der Waals surface area (Å²) in [5, 5.41) is 9.72. The van der Waals surface area contributed by atoms with Crippen LogP contribution in [0.1, 0.15) is 32.8 Å². The number of rotatable bonds is 2. The van der Waals surface area contributed by atoms with Gasteiger partial charge >= 0.3 is 0 Å². The third-order valence-electron chi connectivity index (χ3n) is 3.27.